The van der Waals surface area contributed by atoms with Crippen molar-refractivity contribution in [3.05, 3.63) is 94.3 Å². The highest BCUT2D eigenvalue weighted by Gasteiger charge is 2.13. The summed E-state index contributed by atoms with van der Waals surface area (Å²) in [6, 6.07) is 22.2. The lowest BCUT2D eigenvalue weighted by Gasteiger charge is -2.12. The molecule has 0 saturated heterocycles. The molecule has 4 rings (SSSR count). The lowest BCUT2D eigenvalue weighted by Crippen LogP contribution is -2.24. The fraction of sp³-hybridized carbons (Fsp3) is 0.192. The molecular formula is C26H25N3O3. The molecule has 32 heavy (non-hydrogen) atoms. The van der Waals surface area contributed by atoms with Crippen LogP contribution in [0.3, 0.4) is 0 Å². The second kappa shape index (κ2) is 9.47. The molecule has 1 heterocycles. The van der Waals surface area contributed by atoms with E-state index in [-0.39, 0.29) is 11.5 Å². The van der Waals surface area contributed by atoms with Gasteiger partial charge in [0.25, 0.3) is 11.5 Å². The predicted octanol–water partition coefficient (Wildman–Crippen LogP) is 4.41. The quantitative estimate of drug-likeness (QED) is 0.474. The summed E-state index contributed by atoms with van der Waals surface area (Å²) in [6.07, 6.45) is 0.848. The van der Waals surface area contributed by atoms with E-state index in [0.29, 0.717) is 29.9 Å². The second-order valence-corrected chi connectivity index (χ2v) is 7.51. The van der Waals surface area contributed by atoms with Crippen molar-refractivity contribution in [2.24, 2.45) is 0 Å². The van der Waals surface area contributed by atoms with Crippen LogP contribution in [0.5, 0.6) is 5.75 Å². The summed E-state index contributed by atoms with van der Waals surface area (Å²) in [7, 11) is 1.62. The number of nitrogens with zero attached hydrogens (tertiary/aromatic N) is 2. The molecular weight excluding hydrogens is 402 g/mol. The minimum atomic E-state index is -0.178. The largest absolute Gasteiger partial charge is 0.497 e. The number of benzene rings is 3. The number of ether oxygens (including phenoxy) is 1. The zero-order valence-electron chi connectivity index (χ0n) is 18.2. The van der Waals surface area contributed by atoms with Crippen LogP contribution < -0.4 is 15.6 Å². The number of rotatable bonds is 7. The van der Waals surface area contributed by atoms with Gasteiger partial charge < -0.3 is 14.6 Å². The molecule has 6 heteroatoms. The monoisotopic (exact) mass is 427 g/mol. The zero-order valence-corrected chi connectivity index (χ0v) is 18.2. The maximum absolute atomic E-state index is 13.1. The normalized spacial score (nSPS) is 10.8. The summed E-state index contributed by atoms with van der Waals surface area (Å²) in [5.74, 6) is 0.596. The molecule has 1 aromatic heterocycles. The Bertz CT molecular complexity index is 1290. The van der Waals surface area contributed by atoms with Gasteiger partial charge in [-0.05, 0) is 48.4 Å². The first-order chi connectivity index (χ1) is 15.6. The van der Waals surface area contributed by atoms with E-state index in [1.807, 2.05) is 55.5 Å². The van der Waals surface area contributed by atoms with E-state index >= 15 is 0 Å². The summed E-state index contributed by atoms with van der Waals surface area (Å²) in [5, 5.41) is 2.91. The molecule has 0 radical (unpaired) electrons. The average Bonchev–Trinajstić information content (AvgIpc) is 2.84. The van der Waals surface area contributed by atoms with Crippen LogP contribution in [-0.2, 0) is 13.1 Å². The van der Waals surface area contributed by atoms with Crippen LogP contribution in [-0.4, -0.2) is 22.6 Å². The number of hydrogen-bond donors (Lipinski definition) is 1. The van der Waals surface area contributed by atoms with Crippen molar-refractivity contribution in [3.8, 4) is 17.0 Å². The third-order valence-electron chi connectivity index (χ3n) is 5.33. The maximum atomic E-state index is 13.1. The molecule has 0 bridgehead atoms. The summed E-state index contributed by atoms with van der Waals surface area (Å²) in [5.41, 5.74) is 4.07. The lowest BCUT2D eigenvalue weighted by molar-refractivity contribution is 0.0951. The SMILES string of the molecule is CCCn1c(=O)c(-c2ccc(C(=O)NCc3ccc(OC)cc3)cc2)nc2ccccc21. The minimum Gasteiger partial charge on any atom is -0.497 e. The van der Waals surface area contributed by atoms with E-state index in [1.54, 1.807) is 35.9 Å². The summed E-state index contributed by atoms with van der Waals surface area (Å²) < 4.78 is 6.92. The van der Waals surface area contributed by atoms with Gasteiger partial charge in [0, 0.05) is 24.2 Å². The van der Waals surface area contributed by atoms with Crippen LogP contribution in [0.2, 0.25) is 0 Å². The van der Waals surface area contributed by atoms with Crippen LogP contribution in [0.1, 0.15) is 29.3 Å². The molecule has 0 atom stereocenters. The van der Waals surface area contributed by atoms with Crippen molar-refractivity contribution in [2.45, 2.75) is 26.4 Å². The van der Waals surface area contributed by atoms with Crippen molar-refractivity contribution in [3.63, 3.8) is 0 Å². The van der Waals surface area contributed by atoms with Crippen LogP contribution in [0.4, 0.5) is 0 Å². The third kappa shape index (κ3) is 4.39. The summed E-state index contributed by atoms with van der Waals surface area (Å²) in [6.45, 7) is 3.08. The molecule has 0 unspecified atom stereocenters. The Morgan fingerprint density at radius 2 is 1.72 bits per heavy atom. The number of nitrogens with one attached hydrogen (secondary N) is 1. The first-order valence-corrected chi connectivity index (χ1v) is 10.6. The molecule has 0 spiro atoms. The van der Waals surface area contributed by atoms with E-state index in [1.165, 1.54) is 0 Å². The number of carbonyl (C=O) groups excluding carboxylic acids is 1. The van der Waals surface area contributed by atoms with Crippen LogP contribution in [0.15, 0.2) is 77.6 Å². The molecule has 1 amide bonds. The van der Waals surface area contributed by atoms with E-state index in [4.69, 9.17) is 4.74 Å². The zero-order chi connectivity index (χ0) is 22.5. The van der Waals surface area contributed by atoms with Crippen molar-refractivity contribution in [2.75, 3.05) is 7.11 Å². The Balaban J connectivity index is 1.55. The van der Waals surface area contributed by atoms with Gasteiger partial charge in [-0.25, -0.2) is 4.98 Å². The highest BCUT2D eigenvalue weighted by Crippen LogP contribution is 2.19. The fourth-order valence-electron chi connectivity index (χ4n) is 3.63. The molecule has 0 aliphatic rings. The number of fused-ring (bicyclic) bond motifs is 1. The Labute approximate surface area is 186 Å². The van der Waals surface area contributed by atoms with E-state index in [0.717, 1.165) is 28.8 Å². The fourth-order valence-corrected chi connectivity index (χ4v) is 3.63. The number of methoxy groups -OCH3 is 1. The highest BCUT2D eigenvalue weighted by molar-refractivity contribution is 5.94. The number of para-hydroxylation sites is 2. The van der Waals surface area contributed by atoms with Crippen molar-refractivity contribution in [1.82, 2.24) is 14.9 Å². The number of aromatic nitrogens is 2. The molecule has 0 aliphatic carbocycles. The summed E-state index contributed by atoms with van der Waals surface area (Å²) >= 11 is 0. The van der Waals surface area contributed by atoms with Gasteiger partial charge in [0.1, 0.15) is 11.4 Å². The summed E-state index contributed by atoms with van der Waals surface area (Å²) in [4.78, 5) is 30.3. The van der Waals surface area contributed by atoms with E-state index in [9.17, 15) is 9.59 Å². The average molecular weight is 428 g/mol. The van der Waals surface area contributed by atoms with Gasteiger partial charge in [-0.1, -0.05) is 43.3 Å². The molecule has 6 nitrogen and oxygen atoms in total. The number of hydrogen-bond acceptors (Lipinski definition) is 4. The van der Waals surface area contributed by atoms with Gasteiger partial charge in [-0.2, -0.15) is 0 Å². The maximum Gasteiger partial charge on any atom is 0.277 e. The van der Waals surface area contributed by atoms with Gasteiger partial charge in [-0.3, -0.25) is 9.59 Å². The lowest BCUT2D eigenvalue weighted by atomic mass is 10.1. The number of aryl methyl sites for hydroxylation is 1. The smallest absolute Gasteiger partial charge is 0.277 e. The van der Waals surface area contributed by atoms with Crippen molar-refractivity contribution in [1.29, 1.82) is 0 Å². The number of carbonyl (C=O) groups is 1. The van der Waals surface area contributed by atoms with Crippen LogP contribution in [0, 0.1) is 0 Å². The second-order valence-electron chi connectivity index (χ2n) is 7.51. The topological polar surface area (TPSA) is 73.2 Å². The molecule has 0 aliphatic heterocycles. The van der Waals surface area contributed by atoms with E-state index < -0.39 is 0 Å². The Kier molecular flexibility index (Phi) is 6.31. The van der Waals surface area contributed by atoms with Crippen molar-refractivity contribution >= 4 is 16.9 Å². The standard InChI is InChI=1S/C26H25N3O3/c1-3-16-29-23-7-5-4-6-22(23)28-24(26(29)31)19-10-12-20(13-11-19)25(30)27-17-18-8-14-21(32-2)15-9-18/h4-15H,3,16-17H2,1-2H3,(H,27,30). The molecule has 0 fully saturated rings. The van der Waals surface area contributed by atoms with Crippen molar-refractivity contribution < 1.29 is 9.53 Å². The van der Waals surface area contributed by atoms with Gasteiger partial charge in [-0.15, -0.1) is 0 Å². The van der Waals surface area contributed by atoms with Gasteiger partial charge in [0.15, 0.2) is 0 Å². The number of amides is 1. The molecule has 4 aromatic rings. The van der Waals surface area contributed by atoms with Crippen LogP contribution >= 0.6 is 0 Å². The Morgan fingerprint density at radius 3 is 2.41 bits per heavy atom. The molecule has 0 saturated carbocycles. The highest BCUT2D eigenvalue weighted by atomic mass is 16.5. The Hall–Kier alpha value is -3.93. The van der Waals surface area contributed by atoms with E-state index in [2.05, 4.69) is 10.3 Å². The van der Waals surface area contributed by atoms with Gasteiger partial charge >= 0.3 is 0 Å². The molecule has 1 N–H and O–H groups in total. The predicted molar refractivity (Wildman–Crippen MR) is 126 cm³/mol. The third-order valence-corrected chi connectivity index (χ3v) is 5.33. The molecule has 162 valence electrons. The van der Waals surface area contributed by atoms with Gasteiger partial charge in [0.05, 0.1) is 18.1 Å². The molecule has 3 aromatic carbocycles. The van der Waals surface area contributed by atoms with Gasteiger partial charge in [0.2, 0.25) is 0 Å². The first kappa shape index (κ1) is 21.3. The van der Waals surface area contributed by atoms with Crippen LogP contribution in [0.25, 0.3) is 22.3 Å². The minimum absolute atomic E-state index is 0.123. The first-order valence-electron chi connectivity index (χ1n) is 10.6. The Morgan fingerprint density at radius 1 is 1.00 bits per heavy atom.